The van der Waals surface area contributed by atoms with Crippen LogP contribution in [-0.2, 0) is 13.2 Å². The van der Waals surface area contributed by atoms with E-state index in [-0.39, 0.29) is 5.82 Å². The lowest BCUT2D eigenvalue weighted by atomic mass is 10.2. The molecule has 0 fully saturated rings. The number of hydrogen-bond acceptors (Lipinski definition) is 4. The molecule has 3 rings (SSSR count). The molecule has 0 radical (unpaired) electrons. The third kappa shape index (κ3) is 4.32. The number of aromatic nitrogens is 3. The van der Waals surface area contributed by atoms with Gasteiger partial charge in [-0.25, -0.2) is 9.07 Å². The fourth-order valence-corrected chi connectivity index (χ4v) is 2.76. The van der Waals surface area contributed by atoms with E-state index in [1.54, 1.807) is 17.9 Å². The van der Waals surface area contributed by atoms with Crippen molar-refractivity contribution in [2.45, 2.75) is 13.2 Å². The standard InChI is InChI=1S/C18H19FN4OS/c1-22(11-13-4-3-5-15(19)10-13)12-23-18(25)20-17(21-23)14-6-8-16(24-2)9-7-14/h3-10H,11-12H2,1-2H3,(H,20,21,25). The molecule has 2 aromatic carbocycles. The van der Waals surface area contributed by atoms with Crippen molar-refractivity contribution in [2.24, 2.45) is 0 Å². The summed E-state index contributed by atoms with van der Waals surface area (Å²) in [5.74, 6) is 1.26. The summed E-state index contributed by atoms with van der Waals surface area (Å²) in [5.41, 5.74) is 1.84. The third-order valence-corrected chi connectivity index (χ3v) is 4.08. The molecule has 0 amide bonds. The van der Waals surface area contributed by atoms with Gasteiger partial charge in [-0.2, -0.15) is 4.98 Å². The Kier molecular flexibility index (Phi) is 5.25. The summed E-state index contributed by atoms with van der Waals surface area (Å²) in [6.45, 7) is 1.13. The molecular formula is C18H19FN4OS. The fourth-order valence-electron chi connectivity index (χ4n) is 2.57. The minimum Gasteiger partial charge on any atom is -0.497 e. The largest absolute Gasteiger partial charge is 0.497 e. The molecule has 0 bridgehead atoms. The molecule has 5 nitrogen and oxygen atoms in total. The maximum absolute atomic E-state index is 13.3. The van der Waals surface area contributed by atoms with Gasteiger partial charge in [0.15, 0.2) is 5.82 Å². The highest BCUT2D eigenvalue weighted by atomic mass is 32.1. The quantitative estimate of drug-likeness (QED) is 0.680. The van der Waals surface area contributed by atoms with Crippen LogP contribution in [0.5, 0.6) is 5.75 Å². The van der Waals surface area contributed by atoms with Crippen LogP contribution in [0, 0.1) is 10.6 Å². The molecule has 0 saturated carbocycles. The van der Waals surface area contributed by atoms with Crippen molar-refractivity contribution < 1.29 is 9.13 Å². The molecule has 1 aromatic heterocycles. The van der Waals surface area contributed by atoms with Crippen molar-refractivity contribution in [3.05, 3.63) is 64.7 Å². The number of nitrogens with zero attached hydrogens (tertiary/aromatic N) is 3. The Morgan fingerprint density at radius 1 is 1.24 bits per heavy atom. The van der Waals surface area contributed by atoms with E-state index in [0.717, 1.165) is 16.9 Å². The molecule has 25 heavy (non-hydrogen) atoms. The van der Waals surface area contributed by atoms with Gasteiger partial charge in [0.2, 0.25) is 4.77 Å². The number of methoxy groups -OCH3 is 1. The van der Waals surface area contributed by atoms with Gasteiger partial charge in [-0.3, -0.25) is 10.00 Å². The average molecular weight is 358 g/mol. The predicted octanol–water partition coefficient (Wildman–Crippen LogP) is 3.84. The van der Waals surface area contributed by atoms with E-state index in [4.69, 9.17) is 17.0 Å². The number of benzene rings is 2. The topological polar surface area (TPSA) is 46.1 Å². The molecule has 1 heterocycles. The predicted molar refractivity (Wildman–Crippen MR) is 97.3 cm³/mol. The minimum atomic E-state index is -0.231. The van der Waals surface area contributed by atoms with Crippen LogP contribution >= 0.6 is 12.2 Å². The Balaban J connectivity index is 1.72. The van der Waals surface area contributed by atoms with Crippen molar-refractivity contribution in [3.8, 4) is 17.1 Å². The van der Waals surface area contributed by atoms with E-state index >= 15 is 0 Å². The highest BCUT2D eigenvalue weighted by Crippen LogP contribution is 2.19. The second-order valence-electron chi connectivity index (χ2n) is 5.80. The van der Waals surface area contributed by atoms with Crippen LogP contribution in [0.2, 0.25) is 0 Å². The monoisotopic (exact) mass is 358 g/mol. The summed E-state index contributed by atoms with van der Waals surface area (Å²) in [4.78, 5) is 6.43. The van der Waals surface area contributed by atoms with E-state index in [2.05, 4.69) is 10.1 Å². The van der Waals surface area contributed by atoms with E-state index in [9.17, 15) is 4.39 Å². The highest BCUT2D eigenvalue weighted by molar-refractivity contribution is 7.71. The normalized spacial score (nSPS) is 11.0. The number of aromatic amines is 1. The first kappa shape index (κ1) is 17.3. The van der Waals surface area contributed by atoms with Crippen LogP contribution in [0.25, 0.3) is 11.4 Å². The zero-order chi connectivity index (χ0) is 17.8. The van der Waals surface area contributed by atoms with Crippen molar-refractivity contribution in [2.75, 3.05) is 14.2 Å². The van der Waals surface area contributed by atoms with E-state index in [1.807, 2.05) is 42.3 Å². The van der Waals surface area contributed by atoms with E-state index < -0.39 is 0 Å². The van der Waals surface area contributed by atoms with Crippen LogP contribution < -0.4 is 4.74 Å². The van der Waals surface area contributed by atoms with Gasteiger partial charge in [0.05, 0.1) is 13.8 Å². The molecule has 0 atom stereocenters. The average Bonchev–Trinajstić information content (AvgIpc) is 2.95. The fraction of sp³-hybridized carbons (Fsp3) is 0.222. The Labute approximate surface area is 150 Å². The van der Waals surface area contributed by atoms with Crippen molar-refractivity contribution in [3.63, 3.8) is 0 Å². The minimum absolute atomic E-state index is 0.231. The molecule has 130 valence electrons. The molecular weight excluding hydrogens is 339 g/mol. The molecule has 7 heteroatoms. The maximum Gasteiger partial charge on any atom is 0.217 e. The molecule has 0 aliphatic heterocycles. The second-order valence-corrected chi connectivity index (χ2v) is 6.16. The van der Waals surface area contributed by atoms with Crippen LogP contribution in [0.4, 0.5) is 4.39 Å². The van der Waals surface area contributed by atoms with Gasteiger partial charge in [0.25, 0.3) is 0 Å². The highest BCUT2D eigenvalue weighted by Gasteiger charge is 2.08. The Hall–Kier alpha value is -2.51. The maximum atomic E-state index is 13.3. The van der Waals surface area contributed by atoms with E-state index in [0.29, 0.717) is 23.8 Å². The van der Waals surface area contributed by atoms with Crippen molar-refractivity contribution >= 4 is 12.2 Å². The Bertz CT molecular complexity index is 904. The zero-order valence-corrected chi connectivity index (χ0v) is 14.9. The number of H-pyrrole nitrogens is 1. The van der Waals surface area contributed by atoms with E-state index in [1.165, 1.54) is 12.1 Å². The summed E-state index contributed by atoms with van der Waals surface area (Å²) in [5, 5.41) is 3.21. The lowest BCUT2D eigenvalue weighted by Crippen LogP contribution is -2.22. The number of halogens is 1. The lowest BCUT2D eigenvalue weighted by molar-refractivity contribution is 0.244. The van der Waals surface area contributed by atoms with Gasteiger partial charge in [0.1, 0.15) is 11.6 Å². The molecule has 0 spiro atoms. The van der Waals surface area contributed by atoms with Gasteiger partial charge in [-0.05, 0) is 61.2 Å². The second kappa shape index (κ2) is 7.58. The Morgan fingerprint density at radius 2 is 2.00 bits per heavy atom. The summed E-state index contributed by atoms with van der Waals surface area (Å²) >= 11 is 5.33. The molecule has 0 aliphatic rings. The first-order valence-corrected chi connectivity index (χ1v) is 8.20. The number of nitrogens with one attached hydrogen (secondary N) is 1. The SMILES string of the molecule is COc1ccc(-c2nc(=S)n(CN(C)Cc3cccc(F)c3)[nH]2)cc1. The van der Waals surface area contributed by atoms with Gasteiger partial charge in [0, 0.05) is 12.1 Å². The Morgan fingerprint density at radius 3 is 2.68 bits per heavy atom. The van der Waals surface area contributed by atoms with Gasteiger partial charge in [-0.15, -0.1) is 0 Å². The van der Waals surface area contributed by atoms with Crippen LogP contribution in [0.3, 0.4) is 0 Å². The summed E-state index contributed by atoms with van der Waals surface area (Å²) in [6.07, 6.45) is 0. The van der Waals surface area contributed by atoms with Crippen LogP contribution in [0.1, 0.15) is 5.56 Å². The summed E-state index contributed by atoms with van der Waals surface area (Å²) < 4.78 is 20.7. The van der Waals surface area contributed by atoms with Gasteiger partial charge < -0.3 is 4.74 Å². The van der Waals surface area contributed by atoms with Crippen LogP contribution in [-0.4, -0.2) is 33.8 Å². The third-order valence-electron chi connectivity index (χ3n) is 3.77. The van der Waals surface area contributed by atoms with Crippen LogP contribution in [0.15, 0.2) is 48.5 Å². The summed E-state index contributed by atoms with van der Waals surface area (Å²) in [6, 6.07) is 14.2. The van der Waals surface area contributed by atoms with Crippen molar-refractivity contribution in [1.29, 1.82) is 0 Å². The lowest BCUT2D eigenvalue weighted by Gasteiger charge is -2.17. The molecule has 3 aromatic rings. The first-order valence-electron chi connectivity index (χ1n) is 7.79. The molecule has 0 aliphatic carbocycles. The van der Waals surface area contributed by atoms with Gasteiger partial charge in [-0.1, -0.05) is 12.1 Å². The molecule has 0 unspecified atom stereocenters. The number of hydrogen-bond donors (Lipinski definition) is 1. The smallest absolute Gasteiger partial charge is 0.217 e. The zero-order valence-electron chi connectivity index (χ0n) is 14.1. The summed E-state index contributed by atoms with van der Waals surface area (Å²) in [7, 11) is 3.58. The number of ether oxygens (including phenoxy) is 1. The molecule has 0 saturated heterocycles. The first-order chi connectivity index (χ1) is 12.0. The number of rotatable bonds is 6. The van der Waals surface area contributed by atoms with Crippen molar-refractivity contribution in [1.82, 2.24) is 19.7 Å². The molecule has 1 N–H and O–H groups in total. The van der Waals surface area contributed by atoms with Gasteiger partial charge >= 0.3 is 0 Å².